The van der Waals surface area contributed by atoms with E-state index >= 15 is 0 Å². The van der Waals surface area contributed by atoms with Gasteiger partial charge in [0.2, 0.25) is 5.91 Å². The molecule has 3 rings (SSSR count). The maximum Gasteiger partial charge on any atom is 0.229 e. The number of rotatable bonds is 7. The number of amides is 1. The van der Waals surface area contributed by atoms with Crippen LogP contribution in [0, 0.1) is 18.3 Å². The van der Waals surface area contributed by atoms with Gasteiger partial charge in [0.25, 0.3) is 0 Å². The third kappa shape index (κ3) is 4.17. The summed E-state index contributed by atoms with van der Waals surface area (Å²) in [6.45, 7) is 0.170. The minimum Gasteiger partial charge on any atom is -0.296 e. The minimum atomic E-state index is -0.0168. The zero-order valence-electron chi connectivity index (χ0n) is 13.9. The molecule has 1 aliphatic carbocycles. The smallest absolute Gasteiger partial charge is 0.229 e. The first-order chi connectivity index (χ1) is 12.1. The molecule has 0 aliphatic heterocycles. The molecule has 1 aliphatic rings. The predicted octanol–water partition coefficient (Wildman–Crippen LogP) is 3.42. The molecule has 2 aromatic rings. The van der Waals surface area contributed by atoms with Crippen molar-refractivity contribution in [1.82, 2.24) is 14.8 Å². The Balaban J connectivity index is 1.84. The van der Waals surface area contributed by atoms with Gasteiger partial charge in [-0.25, -0.2) is 4.68 Å². The number of carbonyl (C=O) groups excluding carboxylic acids is 1. The molecule has 0 radical (unpaired) electrons. The van der Waals surface area contributed by atoms with Crippen LogP contribution in [0.25, 0.3) is 5.69 Å². The van der Waals surface area contributed by atoms with E-state index in [1.165, 1.54) is 12.8 Å². The van der Waals surface area contributed by atoms with E-state index in [-0.39, 0.29) is 17.6 Å². The molecule has 1 unspecified atom stereocenters. The molecule has 1 amide bonds. The highest BCUT2D eigenvalue weighted by atomic mass is 35.5. The predicted molar refractivity (Wildman–Crippen MR) is 102 cm³/mol. The summed E-state index contributed by atoms with van der Waals surface area (Å²) in [5, 5.41) is 4.87. The van der Waals surface area contributed by atoms with Crippen LogP contribution in [-0.4, -0.2) is 38.7 Å². The first-order valence-electron chi connectivity index (χ1n) is 8.06. The van der Waals surface area contributed by atoms with Crippen LogP contribution in [0.2, 0.25) is 5.15 Å². The molecular weight excluding hydrogens is 356 g/mol. The Morgan fingerprint density at radius 2 is 2.40 bits per heavy atom. The van der Waals surface area contributed by atoms with Gasteiger partial charge in [-0.3, -0.25) is 14.7 Å². The maximum atomic E-state index is 12.8. The molecule has 1 saturated carbocycles. The molecular formula is C18H19ClN4OS. The molecule has 0 N–H and O–H groups in total. The summed E-state index contributed by atoms with van der Waals surface area (Å²) < 4.78 is 1.61. The monoisotopic (exact) mass is 374 g/mol. The molecule has 1 atom stereocenters. The Labute approximate surface area is 156 Å². The number of hydrogen-bond donors (Lipinski definition) is 0. The van der Waals surface area contributed by atoms with Crippen LogP contribution < -0.4 is 4.90 Å². The number of anilines is 1. The van der Waals surface area contributed by atoms with Crippen molar-refractivity contribution in [3.8, 4) is 18.0 Å². The van der Waals surface area contributed by atoms with E-state index in [9.17, 15) is 4.79 Å². The molecule has 130 valence electrons. The number of hydrogen-bond acceptors (Lipinski definition) is 4. The van der Waals surface area contributed by atoms with Crippen LogP contribution >= 0.6 is 23.4 Å². The van der Waals surface area contributed by atoms with E-state index in [1.807, 2.05) is 12.1 Å². The molecule has 2 heterocycles. The van der Waals surface area contributed by atoms with Gasteiger partial charge in [-0.05, 0) is 37.1 Å². The lowest BCUT2D eigenvalue weighted by Crippen LogP contribution is -2.33. The molecule has 0 aromatic carbocycles. The highest BCUT2D eigenvalue weighted by Crippen LogP contribution is 2.40. The second kappa shape index (κ2) is 7.94. The Morgan fingerprint density at radius 1 is 1.60 bits per heavy atom. The van der Waals surface area contributed by atoms with Crippen molar-refractivity contribution in [2.75, 3.05) is 17.7 Å². The summed E-state index contributed by atoms with van der Waals surface area (Å²) in [6.07, 6.45) is 15.5. The van der Waals surface area contributed by atoms with Crippen molar-refractivity contribution in [1.29, 1.82) is 0 Å². The van der Waals surface area contributed by atoms with Gasteiger partial charge in [-0.1, -0.05) is 17.5 Å². The van der Waals surface area contributed by atoms with Crippen molar-refractivity contribution >= 4 is 35.0 Å². The van der Waals surface area contributed by atoms with Crippen molar-refractivity contribution < 1.29 is 4.79 Å². The lowest BCUT2D eigenvalue weighted by Gasteiger charge is -2.21. The summed E-state index contributed by atoms with van der Waals surface area (Å²) in [7, 11) is 0. The van der Waals surface area contributed by atoms with Gasteiger partial charge in [-0.2, -0.15) is 16.9 Å². The molecule has 7 heteroatoms. The molecule has 0 spiro atoms. The van der Waals surface area contributed by atoms with E-state index in [1.54, 1.807) is 39.9 Å². The van der Waals surface area contributed by atoms with E-state index in [2.05, 4.69) is 22.3 Å². The van der Waals surface area contributed by atoms with Crippen molar-refractivity contribution in [2.24, 2.45) is 5.92 Å². The Morgan fingerprint density at radius 3 is 3.00 bits per heavy atom. The third-order valence-corrected chi connectivity index (χ3v) is 5.66. The summed E-state index contributed by atoms with van der Waals surface area (Å²) in [4.78, 5) is 18.5. The van der Waals surface area contributed by atoms with E-state index in [0.29, 0.717) is 23.3 Å². The summed E-state index contributed by atoms with van der Waals surface area (Å²) in [5.74, 6) is 3.17. The van der Waals surface area contributed by atoms with E-state index < -0.39 is 0 Å². The number of pyridine rings is 1. The first-order valence-corrected chi connectivity index (χ1v) is 9.72. The van der Waals surface area contributed by atoms with Crippen LogP contribution in [0.15, 0.2) is 30.7 Å². The quantitative estimate of drug-likeness (QED) is 0.697. The number of nitrogens with zero attached hydrogens (tertiary/aromatic N) is 4. The number of thioether (sulfide) groups is 1. The number of halogens is 1. The molecule has 5 nitrogen and oxygen atoms in total. The second-order valence-electron chi connectivity index (χ2n) is 5.96. The van der Waals surface area contributed by atoms with Crippen molar-refractivity contribution in [3.05, 3.63) is 35.9 Å². The Hall–Kier alpha value is -1.97. The number of terminal acetylenes is 1. The molecule has 2 aromatic heterocycles. The van der Waals surface area contributed by atoms with E-state index in [0.717, 1.165) is 5.69 Å². The third-order valence-electron chi connectivity index (χ3n) is 4.23. The van der Waals surface area contributed by atoms with Crippen LogP contribution in [0.4, 0.5) is 5.69 Å². The molecule has 0 saturated heterocycles. The summed E-state index contributed by atoms with van der Waals surface area (Å²) in [6, 6.07) is 3.68. The SMILES string of the molecule is C#CCN(C(=O)CC(SC)C1CC1)c1cn(-c2cccnc2)nc1Cl. The fraction of sp³-hybridized carbons (Fsp3) is 0.389. The highest BCUT2D eigenvalue weighted by molar-refractivity contribution is 7.99. The van der Waals surface area contributed by atoms with Gasteiger partial charge in [-0.15, -0.1) is 6.42 Å². The van der Waals surface area contributed by atoms with Crippen LogP contribution in [0.5, 0.6) is 0 Å². The molecule has 1 fully saturated rings. The van der Waals surface area contributed by atoms with Crippen molar-refractivity contribution in [3.63, 3.8) is 0 Å². The molecule has 0 bridgehead atoms. The Kier molecular flexibility index (Phi) is 5.67. The van der Waals surface area contributed by atoms with E-state index in [4.69, 9.17) is 18.0 Å². The van der Waals surface area contributed by atoms with Gasteiger partial charge < -0.3 is 0 Å². The normalized spacial score (nSPS) is 14.8. The maximum absolute atomic E-state index is 12.8. The minimum absolute atomic E-state index is 0.0168. The van der Waals surface area contributed by atoms with Gasteiger partial charge in [0.15, 0.2) is 5.15 Å². The van der Waals surface area contributed by atoms with Gasteiger partial charge >= 0.3 is 0 Å². The van der Waals surface area contributed by atoms with Crippen molar-refractivity contribution in [2.45, 2.75) is 24.5 Å². The number of carbonyl (C=O) groups is 1. The number of aromatic nitrogens is 3. The standard InChI is InChI=1S/C18H19ClN4OS/c1-3-9-22(17(24)10-16(25-2)13-6-7-13)15-12-23(21-18(15)19)14-5-4-8-20-11-14/h1,4-5,8,11-13,16H,6-7,9-10H2,2H3. The first kappa shape index (κ1) is 17.8. The van der Waals surface area contributed by atoms with Crippen LogP contribution in [0.3, 0.4) is 0 Å². The Bertz CT molecular complexity index is 782. The molecule has 25 heavy (non-hydrogen) atoms. The summed E-state index contributed by atoms with van der Waals surface area (Å²) >= 11 is 8.04. The average molecular weight is 375 g/mol. The second-order valence-corrected chi connectivity index (χ2v) is 7.40. The highest BCUT2D eigenvalue weighted by Gasteiger charge is 2.33. The zero-order valence-corrected chi connectivity index (χ0v) is 15.5. The fourth-order valence-corrected chi connectivity index (χ4v) is 3.94. The van der Waals surface area contributed by atoms with Gasteiger partial charge in [0, 0.05) is 17.9 Å². The zero-order chi connectivity index (χ0) is 17.8. The lowest BCUT2D eigenvalue weighted by atomic mass is 10.2. The topological polar surface area (TPSA) is 51.0 Å². The lowest BCUT2D eigenvalue weighted by molar-refractivity contribution is -0.118. The van der Waals surface area contributed by atoms with Gasteiger partial charge in [0.05, 0.1) is 24.6 Å². The largest absolute Gasteiger partial charge is 0.296 e. The van der Waals surface area contributed by atoms with Gasteiger partial charge in [0.1, 0.15) is 5.69 Å². The van der Waals surface area contributed by atoms with Crippen LogP contribution in [0.1, 0.15) is 19.3 Å². The average Bonchev–Trinajstić information content (AvgIpc) is 3.40. The summed E-state index contributed by atoms with van der Waals surface area (Å²) in [5.41, 5.74) is 1.30. The van der Waals surface area contributed by atoms with Crippen LogP contribution in [-0.2, 0) is 4.79 Å². The fourth-order valence-electron chi connectivity index (χ4n) is 2.74.